The number of hydrogen-bond acceptors (Lipinski definition) is 4. The normalized spacial score (nSPS) is 16.9. The predicted octanol–water partition coefficient (Wildman–Crippen LogP) is 4.09. The van der Waals surface area contributed by atoms with E-state index in [-0.39, 0.29) is 5.91 Å². The number of amides is 1. The lowest BCUT2D eigenvalue weighted by Gasteiger charge is -2.13. The van der Waals surface area contributed by atoms with Crippen LogP contribution >= 0.6 is 24.0 Å². The lowest BCUT2D eigenvalue weighted by molar-refractivity contribution is -0.122. The Kier molecular flexibility index (Phi) is 5.82. The lowest BCUT2D eigenvalue weighted by atomic mass is 10.2. The highest BCUT2D eigenvalue weighted by atomic mass is 32.2. The van der Waals surface area contributed by atoms with Crippen LogP contribution in [0.1, 0.15) is 31.7 Å². The molecule has 1 fully saturated rings. The van der Waals surface area contributed by atoms with Crippen molar-refractivity contribution < 1.29 is 9.53 Å². The van der Waals surface area contributed by atoms with Crippen LogP contribution in [0.4, 0.5) is 0 Å². The largest absolute Gasteiger partial charge is 0.497 e. The third kappa shape index (κ3) is 4.08. The van der Waals surface area contributed by atoms with Crippen LogP contribution in [-0.4, -0.2) is 28.8 Å². The Morgan fingerprint density at radius 3 is 2.62 bits per heavy atom. The van der Waals surface area contributed by atoms with Crippen LogP contribution < -0.4 is 4.74 Å². The molecule has 0 bridgehead atoms. The number of unbranched alkanes of at least 4 members (excludes halogenated alkanes) is 2. The molecular formula is C16H19NO2S2. The molecule has 0 unspecified atom stereocenters. The molecule has 21 heavy (non-hydrogen) atoms. The maximum atomic E-state index is 12.4. The van der Waals surface area contributed by atoms with Gasteiger partial charge in [-0.1, -0.05) is 55.9 Å². The average Bonchev–Trinajstić information content (AvgIpc) is 2.75. The Balaban J connectivity index is 2.08. The second kappa shape index (κ2) is 7.61. The van der Waals surface area contributed by atoms with Crippen LogP contribution in [0.15, 0.2) is 29.2 Å². The van der Waals surface area contributed by atoms with E-state index in [1.165, 1.54) is 11.8 Å². The molecule has 112 valence electrons. The summed E-state index contributed by atoms with van der Waals surface area (Å²) in [7, 11) is 1.64. The summed E-state index contributed by atoms with van der Waals surface area (Å²) in [5, 5.41) is 0. The molecule has 3 nitrogen and oxygen atoms in total. The summed E-state index contributed by atoms with van der Waals surface area (Å²) in [6.07, 6.45) is 5.14. The summed E-state index contributed by atoms with van der Waals surface area (Å²) < 4.78 is 5.79. The van der Waals surface area contributed by atoms with Crippen LogP contribution in [-0.2, 0) is 4.79 Å². The molecule has 0 radical (unpaired) electrons. The van der Waals surface area contributed by atoms with Gasteiger partial charge in [-0.05, 0) is 30.2 Å². The van der Waals surface area contributed by atoms with Crippen molar-refractivity contribution in [1.82, 2.24) is 4.90 Å². The minimum atomic E-state index is 0.0249. The molecule has 0 aromatic heterocycles. The number of carbonyl (C=O) groups is 1. The van der Waals surface area contributed by atoms with Gasteiger partial charge in [0, 0.05) is 6.54 Å². The average molecular weight is 321 g/mol. The quantitative estimate of drug-likeness (QED) is 0.448. The Morgan fingerprint density at radius 1 is 1.29 bits per heavy atom. The lowest BCUT2D eigenvalue weighted by Crippen LogP contribution is -2.28. The second-order valence-electron chi connectivity index (χ2n) is 4.81. The molecule has 0 spiro atoms. The van der Waals surface area contributed by atoms with Gasteiger partial charge < -0.3 is 4.74 Å². The van der Waals surface area contributed by atoms with E-state index in [0.29, 0.717) is 9.23 Å². The van der Waals surface area contributed by atoms with Gasteiger partial charge in [-0.25, -0.2) is 0 Å². The highest BCUT2D eigenvalue weighted by molar-refractivity contribution is 8.26. The molecule has 5 heteroatoms. The van der Waals surface area contributed by atoms with Gasteiger partial charge in [-0.3, -0.25) is 9.69 Å². The zero-order valence-corrected chi connectivity index (χ0v) is 13.9. The number of ether oxygens (including phenoxy) is 1. The van der Waals surface area contributed by atoms with Crippen molar-refractivity contribution in [2.45, 2.75) is 26.2 Å². The SMILES string of the molecule is CCCCCN1C(=O)C(=Cc2ccc(OC)cc2)SC1=S. The number of rotatable bonds is 6. The van der Waals surface area contributed by atoms with Crippen LogP contribution in [0.5, 0.6) is 5.75 Å². The molecule has 1 aromatic carbocycles. The first kappa shape index (κ1) is 16.0. The van der Waals surface area contributed by atoms with Gasteiger partial charge in [0.05, 0.1) is 12.0 Å². The number of hydrogen-bond donors (Lipinski definition) is 0. The zero-order valence-electron chi connectivity index (χ0n) is 12.3. The Bertz CT molecular complexity index is 552. The summed E-state index contributed by atoms with van der Waals surface area (Å²) in [5.41, 5.74) is 0.977. The Morgan fingerprint density at radius 2 is 2.00 bits per heavy atom. The highest BCUT2D eigenvalue weighted by Crippen LogP contribution is 2.32. The first-order chi connectivity index (χ1) is 10.2. The fraction of sp³-hybridized carbons (Fsp3) is 0.375. The Labute approximate surface area is 135 Å². The second-order valence-corrected chi connectivity index (χ2v) is 6.49. The predicted molar refractivity (Wildman–Crippen MR) is 92.4 cm³/mol. The molecule has 0 atom stereocenters. The van der Waals surface area contributed by atoms with Gasteiger partial charge in [-0.15, -0.1) is 0 Å². The molecular weight excluding hydrogens is 302 g/mol. The fourth-order valence-electron chi connectivity index (χ4n) is 2.06. The number of methoxy groups -OCH3 is 1. The van der Waals surface area contributed by atoms with Crippen molar-refractivity contribution in [3.05, 3.63) is 34.7 Å². The minimum Gasteiger partial charge on any atom is -0.497 e. The summed E-state index contributed by atoms with van der Waals surface area (Å²) in [4.78, 5) is 14.8. The van der Waals surface area contributed by atoms with Crippen LogP contribution in [0.3, 0.4) is 0 Å². The van der Waals surface area contributed by atoms with Gasteiger partial charge in [0.1, 0.15) is 10.1 Å². The standard InChI is InChI=1S/C16H19NO2S2/c1-3-4-5-10-17-15(18)14(21-16(17)20)11-12-6-8-13(19-2)9-7-12/h6-9,11H,3-5,10H2,1-2H3. The van der Waals surface area contributed by atoms with Crippen LogP contribution in [0, 0.1) is 0 Å². The number of benzene rings is 1. The van der Waals surface area contributed by atoms with E-state index in [0.717, 1.165) is 37.1 Å². The van der Waals surface area contributed by atoms with E-state index >= 15 is 0 Å². The molecule has 1 aromatic rings. The topological polar surface area (TPSA) is 29.5 Å². The molecule has 0 saturated carbocycles. The van der Waals surface area contributed by atoms with Crippen molar-refractivity contribution in [3.8, 4) is 5.75 Å². The van der Waals surface area contributed by atoms with Crippen LogP contribution in [0.2, 0.25) is 0 Å². The van der Waals surface area contributed by atoms with Crippen molar-refractivity contribution in [1.29, 1.82) is 0 Å². The number of carbonyl (C=O) groups excluding carboxylic acids is 1. The summed E-state index contributed by atoms with van der Waals surface area (Å²) >= 11 is 6.69. The Hall–Kier alpha value is -1.33. The summed E-state index contributed by atoms with van der Waals surface area (Å²) in [6, 6.07) is 7.63. The highest BCUT2D eigenvalue weighted by Gasteiger charge is 2.31. The first-order valence-corrected chi connectivity index (χ1v) is 8.27. The number of thioether (sulfide) groups is 1. The molecule has 2 rings (SSSR count). The van der Waals surface area contributed by atoms with E-state index in [4.69, 9.17) is 17.0 Å². The maximum absolute atomic E-state index is 12.4. The van der Waals surface area contributed by atoms with E-state index in [2.05, 4.69) is 6.92 Å². The minimum absolute atomic E-state index is 0.0249. The van der Waals surface area contributed by atoms with Crippen LogP contribution in [0.25, 0.3) is 6.08 Å². The van der Waals surface area contributed by atoms with Gasteiger partial charge >= 0.3 is 0 Å². The van der Waals surface area contributed by atoms with Gasteiger partial charge in [0.15, 0.2) is 0 Å². The summed E-state index contributed by atoms with van der Waals surface area (Å²) in [6.45, 7) is 2.87. The monoisotopic (exact) mass is 321 g/mol. The molecule has 1 heterocycles. The fourth-order valence-corrected chi connectivity index (χ4v) is 3.37. The molecule has 1 saturated heterocycles. The van der Waals surface area contributed by atoms with E-state index < -0.39 is 0 Å². The van der Waals surface area contributed by atoms with Gasteiger partial charge in [0.25, 0.3) is 5.91 Å². The van der Waals surface area contributed by atoms with E-state index in [1.54, 1.807) is 12.0 Å². The molecule has 0 N–H and O–H groups in total. The van der Waals surface area contributed by atoms with Crippen molar-refractivity contribution in [3.63, 3.8) is 0 Å². The van der Waals surface area contributed by atoms with Crippen molar-refractivity contribution in [2.75, 3.05) is 13.7 Å². The third-order valence-corrected chi connectivity index (χ3v) is 4.65. The number of thiocarbonyl (C=S) groups is 1. The van der Waals surface area contributed by atoms with E-state index in [1.807, 2.05) is 30.3 Å². The molecule has 0 aliphatic carbocycles. The molecule has 1 amide bonds. The van der Waals surface area contributed by atoms with Crippen molar-refractivity contribution in [2.24, 2.45) is 0 Å². The first-order valence-electron chi connectivity index (χ1n) is 7.05. The maximum Gasteiger partial charge on any atom is 0.266 e. The van der Waals surface area contributed by atoms with E-state index in [9.17, 15) is 4.79 Å². The van der Waals surface area contributed by atoms with Crippen molar-refractivity contribution >= 4 is 40.3 Å². The van der Waals surface area contributed by atoms with Gasteiger partial charge in [0.2, 0.25) is 0 Å². The smallest absolute Gasteiger partial charge is 0.266 e. The third-order valence-electron chi connectivity index (χ3n) is 3.27. The molecule has 1 aliphatic rings. The molecule has 1 aliphatic heterocycles. The summed E-state index contributed by atoms with van der Waals surface area (Å²) in [5.74, 6) is 0.830. The number of nitrogens with zero attached hydrogens (tertiary/aromatic N) is 1. The van der Waals surface area contributed by atoms with Gasteiger partial charge in [-0.2, -0.15) is 0 Å². The zero-order chi connectivity index (χ0) is 15.2.